The Morgan fingerprint density at radius 2 is 2.07 bits per heavy atom. The van der Waals surface area contributed by atoms with E-state index in [-0.39, 0.29) is 13.2 Å². The Bertz CT molecular complexity index is 1140. The van der Waals surface area contributed by atoms with E-state index in [9.17, 15) is 9.18 Å². The van der Waals surface area contributed by atoms with Crippen LogP contribution in [0.2, 0.25) is 0 Å². The van der Waals surface area contributed by atoms with E-state index in [0.717, 1.165) is 29.8 Å². The first-order chi connectivity index (χ1) is 14.6. The number of amides is 1. The van der Waals surface area contributed by atoms with E-state index in [0.29, 0.717) is 48.0 Å². The van der Waals surface area contributed by atoms with Crippen molar-refractivity contribution in [3.8, 4) is 11.3 Å². The Hall–Kier alpha value is -3.28. The lowest BCUT2D eigenvalue weighted by Crippen LogP contribution is -2.29. The monoisotopic (exact) mass is 405 g/mol. The van der Waals surface area contributed by atoms with Crippen LogP contribution in [0.5, 0.6) is 0 Å². The highest BCUT2D eigenvalue weighted by atomic mass is 19.1. The Morgan fingerprint density at radius 3 is 2.87 bits per heavy atom. The normalized spacial score (nSPS) is 17.9. The zero-order valence-electron chi connectivity index (χ0n) is 16.8. The van der Waals surface area contributed by atoms with Crippen molar-refractivity contribution in [3.05, 3.63) is 71.2 Å². The number of hydrogen-bond donors (Lipinski definition) is 0. The van der Waals surface area contributed by atoms with Gasteiger partial charge in [-0.25, -0.2) is 4.39 Å². The first kappa shape index (κ1) is 18.7. The topological polar surface area (TPSA) is 58.7 Å². The lowest BCUT2D eigenvalue weighted by atomic mass is 9.98. The van der Waals surface area contributed by atoms with Crippen molar-refractivity contribution in [2.75, 3.05) is 13.1 Å². The lowest BCUT2D eigenvalue weighted by molar-refractivity contribution is 0.0786. The molecule has 1 fully saturated rings. The molecule has 30 heavy (non-hydrogen) atoms. The molecule has 0 aliphatic carbocycles. The number of rotatable bonds is 4. The van der Waals surface area contributed by atoms with Crippen LogP contribution in [-0.2, 0) is 6.42 Å². The fourth-order valence-electron chi connectivity index (χ4n) is 4.45. The molecule has 2 aromatic carbocycles. The van der Waals surface area contributed by atoms with Gasteiger partial charge in [-0.05, 0) is 37.8 Å². The van der Waals surface area contributed by atoms with E-state index < -0.39 is 0 Å². The third-order valence-corrected chi connectivity index (χ3v) is 5.97. The van der Waals surface area contributed by atoms with Gasteiger partial charge in [0.25, 0.3) is 5.91 Å². The number of carbonyl (C=O) groups excluding carboxylic acids is 1. The second-order valence-corrected chi connectivity index (χ2v) is 8.03. The van der Waals surface area contributed by atoms with Crippen molar-refractivity contribution in [1.82, 2.24) is 10.1 Å². The molecule has 2 aliphatic heterocycles. The maximum atomic E-state index is 14.0. The molecule has 1 atom stereocenters. The first-order valence-electron chi connectivity index (χ1n) is 10.2. The molecular weight excluding hydrogens is 381 g/mol. The molecule has 1 amide bonds. The Morgan fingerprint density at radius 1 is 1.23 bits per heavy atom. The Kier molecular flexibility index (Phi) is 4.69. The van der Waals surface area contributed by atoms with E-state index in [4.69, 9.17) is 4.52 Å². The summed E-state index contributed by atoms with van der Waals surface area (Å²) in [5.41, 5.74) is 4.42. The summed E-state index contributed by atoms with van der Waals surface area (Å²) < 4.78 is 19.3. The number of nitrogens with zero attached hydrogens (tertiary/aromatic N) is 3. The van der Waals surface area contributed by atoms with Gasteiger partial charge in [-0.2, -0.15) is 0 Å². The van der Waals surface area contributed by atoms with Crippen molar-refractivity contribution < 1.29 is 15.1 Å². The van der Waals surface area contributed by atoms with Gasteiger partial charge in [0.2, 0.25) is 0 Å². The third-order valence-electron chi connectivity index (χ3n) is 5.97. The quantitative estimate of drug-likeness (QED) is 0.598. The van der Waals surface area contributed by atoms with Gasteiger partial charge in [-0.15, -0.1) is 0 Å². The second-order valence-electron chi connectivity index (χ2n) is 8.03. The van der Waals surface area contributed by atoms with Gasteiger partial charge in [-0.1, -0.05) is 41.6 Å². The van der Waals surface area contributed by atoms with Crippen LogP contribution >= 0.6 is 0 Å². The number of benzene rings is 2. The fourth-order valence-corrected chi connectivity index (χ4v) is 4.45. The summed E-state index contributed by atoms with van der Waals surface area (Å²) in [4.78, 5) is 19.8. The maximum Gasteiger partial charge on any atom is 0.259 e. The molecule has 3 aromatic rings. The number of likely N-dealkylation sites (tertiary alicyclic amines) is 1. The number of fused-ring (bicyclic) bond motifs is 1. The first-order valence-corrected chi connectivity index (χ1v) is 10.2. The molecule has 154 valence electrons. The van der Waals surface area contributed by atoms with Gasteiger partial charge >= 0.3 is 0 Å². The van der Waals surface area contributed by atoms with Gasteiger partial charge in [0, 0.05) is 37.8 Å². The van der Waals surface area contributed by atoms with Crippen molar-refractivity contribution in [3.63, 3.8) is 0 Å². The van der Waals surface area contributed by atoms with Crippen LogP contribution in [0.1, 0.15) is 35.9 Å². The largest absolute Gasteiger partial charge is 0.360 e. The highest BCUT2D eigenvalue weighted by Gasteiger charge is 2.32. The van der Waals surface area contributed by atoms with Crippen molar-refractivity contribution in [2.24, 2.45) is 10.9 Å². The fraction of sp³-hybridized carbons (Fsp3) is 0.292. The van der Waals surface area contributed by atoms with Crippen LogP contribution in [-0.4, -0.2) is 34.8 Å². The molecule has 0 spiro atoms. The standard InChI is InChI=1S/C24H22FN3O2.H2/c1-15-22(23(27-30-15)17-6-3-2-4-7-17)24(29)28-11-10-16(14-28)12-18-13-19-20(25)8-5-9-21(19)26-18;/h2-9,16H,10-14H2,1H3;1H/t16-;/m0./s1. The van der Waals surface area contributed by atoms with Gasteiger partial charge < -0.3 is 9.42 Å². The SMILES string of the molecule is Cc1onc(-c2ccccc2)c1C(=O)N1CC[C@@H](CC2=Nc3cccc(F)c3C2)C1.[HH]. The molecule has 1 aromatic heterocycles. The summed E-state index contributed by atoms with van der Waals surface area (Å²) in [5.74, 6) is 0.627. The predicted octanol–water partition coefficient (Wildman–Crippen LogP) is 5.22. The minimum absolute atomic E-state index is 0. The van der Waals surface area contributed by atoms with E-state index in [1.807, 2.05) is 41.3 Å². The van der Waals surface area contributed by atoms with Gasteiger partial charge in [0.15, 0.2) is 0 Å². The molecule has 0 saturated carbocycles. The summed E-state index contributed by atoms with van der Waals surface area (Å²) in [7, 11) is 0. The zero-order chi connectivity index (χ0) is 20.7. The summed E-state index contributed by atoms with van der Waals surface area (Å²) in [5, 5.41) is 4.13. The molecule has 0 radical (unpaired) electrons. The molecule has 6 heteroatoms. The molecule has 3 heterocycles. The number of carbonyl (C=O) groups is 1. The van der Waals surface area contributed by atoms with E-state index in [1.165, 1.54) is 6.07 Å². The molecule has 1 saturated heterocycles. The van der Waals surface area contributed by atoms with Crippen LogP contribution in [0.3, 0.4) is 0 Å². The minimum Gasteiger partial charge on any atom is -0.360 e. The van der Waals surface area contributed by atoms with E-state index in [1.54, 1.807) is 13.0 Å². The third kappa shape index (κ3) is 3.32. The molecule has 2 aliphatic rings. The number of hydrogen-bond acceptors (Lipinski definition) is 4. The van der Waals surface area contributed by atoms with Crippen LogP contribution in [0.25, 0.3) is 11.3 Å². The molecule has 0 unspecified atom stereocenters. The van der Waals surface area contributed by atoms with Crippen LogP contribution in [0.4, 0.5) is 10.1 Å². The number of aryl methyl sites for hydroxylation is 1. The van der Waals surface area contributed by atoms with E-state index >= 15 is 0 Å². The smallest absolute Gasteiger partial charge is 0.259 e. The number of aromatic nitrogens is 1. The van der Waals surface area contributed by atoms with Crippen LogP contribution < -0.4 is 0 Å². The molecule has 0 N–H and O–H groups in total. The average Bonchev–Trinajstić information content (AvgIpc) is 3.47. The molecular formula is C24H24FN3O2. The van der Waals surface area contributed by atoms with Crippen molar-refractivity contribution in [2.45, 2.75) is 26.2 Å². The Balaban J connectivity index is 0.00000231. The Labute approximate surface area is 175 Å². The highest BCUT2D eigenvalue weighted by Crippen LogP contribution is 2.33. The highest BCUT2D eigenvalue weighted by molar-refractivity contribution is 6.01. The van der Waals surface area contributed by atoms with E-state index in [2.05, 4.69) is 10.1 Å². The molecule has 5 nitrogen and oxygen atoms in total. The number of aliphatic imine (C=N–C) groups is 1. The van der Waals surface area contributed by atoms with Gasteiger partial charge in [-0.3, -0.25) is 9.79 Å². The maximum absolute atomic E-state index is 14.0. The summed E-state index contributed by atoms with van der Waals surface area (Å²) in [6, 6.07) is 14.7. The van der Waals surface area contributed by atoms with Crippen molar-refractivity contribution in [1.29, 1.82) is 0 Å². The van der Waals surface area contributed by atoms with Crippen molar-refractivity contribution >= 4 is 17.3 Å². The van der Waals surface area contributed by atoms with Crippen LogP contribution in [0, 0.1) is 18.7 Å². The lowest BCUT2D eigenvalue weighted by Gasteiger charge is -2.17. The molecule has 0 bridgehead atoms. The van der Waals surface area contributed by atoms with Crippen LogP contribution in [0.15, 0.2) is 58.0 Å². The average molecular weight is 405 g/mol. The minimum atomic E-state index is -0.189. The summed E-state index contributed by atoms with van der Waals surface area (Å²) in [6.07, 6.45) is 2.26. The molecule has 5 rings (SSSR count). The second kappa shape index (κ2) is 7.52. The number of halogens is 1. The summed E-state index contributed by atoms with van der Waals surface area (Å²) in [6.45, 7) is 3.13. The van der Waals surface area contributed by atoms with Gasteiger partial charge in [0.1, 0.15) is 22.8 Å². The summed E-state index contributed by atoms with van der Waals surface area (Å²) >= 11 is 0. The zero-order valence-corrected chi connectivity index (χ0v) is 16.8. The predicted molar refractivity (Wildman–Crippen MR) is 115 cm³/mol. The van der Waals surface area contributed by atoms with Gasteiger partial charge in [0.05, 0.1) is 5.69 Å².